The fourth-order valence-electron chi connectivity index (χ4n) is 4.78. The number of fused-ring (bicyclic) bond motifs is 3. The Morgan fingerprint density at radius 1 is 0.828 bits per heavy atom. The van der Waals surface area contributed by atoms with Crippen LogP contribution in [0, 0.1) is 20.8 Å². The van der Waals surface area contributed by atoms with Crippen LogP contribution in [0.2, 0.25) is 0 Å². The lowest BCUT2D eigenvalue weighted by Crippen LogP contribution is -2.02. The Kier molecular flexibility index (Phi) is 4.06. The molecule has 29 heavy (non-hydrogen) atoms. The van der Waals surface area contributed by atoms with E-state index in [0.717, 1.165) is 17.9 Å². The lowest BCUT2D eigenvalue weighted by atomic mass is 10.0. The maximum Gasteiger partial charge on any atom is 0.144 e. The zero-order valence-electron chi connectivity index (χ0n) is 17.4. The van der Waals surface area contributed by atoms with E-state index < -0.39 is 0 Å². The van der Waals surface area contributed by atoms with Crippen LogP contribution >= 0.6 is 0 Å². The van der Waals surface area contributed by atoms with Crippen LogP contribution in [-0.2, 0) is 6.54 Å². The largest absolute Gasteiger partial charge is 0.341 e. The van der Waals surface area contributed by atoms with Crippen molar-refractivity contribution in [2.75, 3.05) is 0 Å². The standard InChI is InChI=1S/C26H25N3/c1-5-28-23-9-7-6-8-21(23)22-16-20(10-11-24(22)28)26-27-12-13-29(26)25-18(3)14-17(2)15-19(25)4/h6-16H,5H2,1-4H3. The number of hydrogen-bond acceptors (Lipinski definition) is 1. The summed E-state index contributed by atoms with van der Waals surface area (Å²) in [6.07, 6.45) is 3.97. The second-order valence-corrected chi connectivity index (χ2v) is 7.86. The Bertz CT molecular complexity index is 1340. The van der Waals surface area contributed by atoms with Gasteiger partial charge in [-0.25, -0.2) is 4.98 Å². The molecule has 2 aromatic heterocycles. The molecule has 0 saturated carbocycles. The predicted molar refractivity (Wildman–Crippen MR) is 122 cm³/mol. The molecule has 0 aliphatic carbocycles. The topological polar surface area (TPSA) is 22.8 Å². The SMILES string of the molecule is CCn1c2ccccc2c2cc(-c3nccn3-c3c(C)cc(C)cc3C)ccc21. The van der Waals surface area contributed by atoms with Gasteiger partial charge in [-0.3, -0.25) is 4.57 Å². The zero-order chi connectivity index (χ0) is 20.1. The highest BCUT2D eigenvalue weighted by Crippen LogP contribution is 2.33. The van der Waals surface area contributed by atoms with E-state index in [1.165, 1.54) is 44.2 Å². The van der Waals surface area contributed by atoms with Gasteiger partial charge in [-0.2, -0.15) is 0 Å². The van der Waals surface area contributed by atoms with E-state index in [1.807, 2.05) is 6.20 Å². The maximum atomic E-state index is 4.74. The predicted octanol–water partition coefficient (Wildman–Crippen LogP) is 6.59. The first-order chi connectivity index (χ1) is 14.1. The van der Waals surface area contributed by atoms with Crippen molar-refractivity contribution in [2.24, 2.45) is 0 Å². The minimum absolute atomic E-state index is 0.958. The Balaban J connectivity index is 1.75. The molecule has 0 bridgehead atoms. The molecule has 0 atom stereocenters. The summed E-state index contributed by atoms with van der Waals surface area (Å²) < 4.78 is 4.61. The van der Waals surface area contributed by atoms with Gasteiger partial charge < -0.3 is 4.57 Å². The Morgan fingerprint density at radius 3 is 2.31 bits per heavy atom. The molecule has 0 fully saturated rings. The molecule has 0 aliphatic rings. The van der Waals surface area contributed by atoms with Gasteiger partial charge in [-0.05, 0) is 63.1 Å². The number of aromatic nitrogens is 3. The normalized spacial score (nSPS) is 11.6. The second kappa shape index (κ2) is 6.63. The number of benzene rings is 3. The van der Waals surface area contributed by atoms with Crippen LogP contribution in [0.1, 0.15) is 23.6 Å². The van der Waals surface area contributed by atoms with Crippen LogP contribution < -0.4 is 0 Å². The van der Waals surface area contributed by atoms with Crippen molar-refractivity contribution in [3.63, 3.8) is 0 Å². The number of aryl methyl sites for hydroxylation is 4. The molecule has 144 valence electrons. The molecule has 0 unspecified atom stereocenters. The number of nitrogens with zero attached hydrogens (tertiary/aromatic N) is 3. The molecule has 2 heterocycles. The van der Waals surface area contributed by atoms with Crippen molar-refractivity contribution in [3.8, 4) is 17.1 Å². The summed E-state index contributed by atoms with van der Waals surface area (Å²) in [6.45, 7) is 9.67. The zero-order valence-corrected chi connectivity index (χ0v) is 17.4. The summed E-state index contributed by atoms with van der Waals surface area (Å²) in [6, 6.07) is 19.9. The third kappa shape index (κ3) is 2.69. The van der Waals surface area contributed by atoms with Gasteiger partial charge in [0.15, 0.2) is 0 Å². The summed E-state index contributed by atoms with van der Waals surface area (Å²) in [5.74, 6) is 0.982. The highest BCUT2D eigenvalue weighted by Gasteiger charge is 2.15. The number of para-hydroxylation sites is 1. The van der Waals surface area contributed by atoms with Gasteiger partial charge in [0.2, 0.25) is 0 Å². The quantitative estimate of drug-likeness (QED) is 0.347. The van der Waals surface area contributed by atoms with E-state index in [4.69, 9.17) is 4.98 Å². The Labute approximate surface area is 171 Å². The minimum atomic E-state index is 0.958. The monoisotopic (exact) mass is 379 g/mol. The van der Waals surface area contributed by atoms with Gasteiger partial charge in [0.25, 0.3) is 0 Å². The van der Waals surface area contributed by atoms with Crippen molar-refractivity contribution < 1.29 is 0 Å². The van der Waals surface area contributed by atoms with Gasteiger partial charge in [0.05, 0.1) is 5.69 Å². The van der Waals surface area contributed by atoms with Crippen LogP contribution in [0.15, 0.2) is 67.0 Å². The van der Waals surface area contributed by atoms with Gasteiger partial charge in [0.1, 0.15) is 5.82 Å². The molecule has 0 aliphatic heterocycles. The third-order valence-corrected chi connectivity index (χ3v) is 5.86. The van der Waals surface area contributed by atoms with Gasteiger partial charge in [-0.1, -0.05) is 35.9 Å². The lowest BCUT2D eigenvalue weighted by molar-refractivity contribution is 0.827. The first kappa shape index (κ1) is 17.7. The molecular weight excluding hydrogens is 354 g/mol. The fraction of sp³-hybridized carbons (Fsp3) is 0.192. The van der Waals surface area contributed by atoms with Crippen molar-refractivity contribution >= 4 is 21.8 Å². The van der Waals surface area contributed by atoms with Crippen LogP contribution in [0.3, 0.4) is 0 Å². The van der Waals surface area contributed by atoms with E-state index >= 15 is 0 Å². The van der Waals surface area contributed by atoms with E-state index in [9.17, 15) is 0 Å². The second-order valence-electron chi connectivity index (χ2n) is 7.86. The molecule has 5 aromatic rings. The Hall–Kier alpha value is -3.33. The minimum Gasteiger partial charge on any atom is -0.341 e. The van der Waals surface area contributed by atoms with Crippen LogP contribution in [-0.4, -0.2) is 14.1 Å². The number of rotatable bonds is 3. The van der Waals surface area contributed by atoms with Crippen LogP contribution in [0.25, 0.3) is 38.9 Å². The van der Waals surface area contributed by atoms with Crippen molar-refractivity contribution in [2.45, 2.75) is 34.2 Å². The van der Waals surface area contributed by atoms with Crippen molar-refractivity contribution in [1.29, 1.82) is 0 Å². The van der Waals surface area contributed by atoms with Gasteiger partial charge in [-0.15, -0.1) is 0 Å². The summed E-state index contributed by atoms with van der Waals surface area (Å²) in [5.41, 5.74) is 8.75. The van der Waals surface area contributed by atoms with Crippen LogP contribution in [0.4, 0.5) is 0 Å². The highest BCUT2D eigenvalue weighted by molar-refractivity contribution is 6.09. The first-order valence-corrected chi connectivity index (χ1v) is 10.2. The summed E-state index contributed by atoms with van der Waals surface area (Å²) in [5, 5.41) is 2.58. The molecular formula is C26H25N3. The molecule has 0 radical (unpaired) electrons. The smallest absolute Gasteiger partial charge is 0.144 e. The average molecular weight is 380 g/mol. The van der Waals surface area contributed by atoms with Gasteiger partial charge >= 0.3 is 0 Å². The Morgan fingerprint density at radius 2 is 1.55 bits per heavy atom. The van der Waals surface area contributed by atoms with Crippen molar-refractivity contribution in [1.82, 2.24) is 14.1 Å². The van der Waals surface area contributed by atoms with Gasteiger partial charge in [0, 0.05) is 46.3 Å². The highest BCUT2D eigenvalue weighted by atomic mass is 15.1. The molecule has 3 heteroatoms. The fourth-order valence-corrected chi connectivity index (χ4v) is 4.78. The van der Waals surface area contributed by atoms with E-state index in [2.05, 4.69) is 97.6 Å². The lowest BCUT2D eigenvalue weighted by Gasteiger charge is -2.15. The number of hydrogen-bond donors (Lipinski definition) is 0. The molecule has 3 aromatic carbocycles. The molecule has 3 nitrogen and oxygen atoms in total. The maximum absolute atomic E-state index is 4.74. The molecule has 0 N–H and O–H groups in total. The summed E-state index contributed by atoms with van der Waals surface area (Å²) >= 11 is 0. The van der Waals surface area contributed by atoms with Crippen LogP contribution in [0.5, 0.6) is 0 Å². The molecule has 0 spiro atoms. The average Bonchev–Trinajstić information content (AvgIpc) is 3.29. The molecule has 5 rings (SSSR count). The van der Waals surface area contributed by atoms with E-state index in [1.54, 1.807) is 0 Å². The first-order valence-electron chi connectivity index (χ1n) is 10.2. The number of imidazole rings is 1. The van der Waals surface area contributed by atoms with Crippen molar-refractivity contribution in [3.05, 3.63) is 83.7 Å². The summed E-state index contributed by atoms with van der Waals surface area (Å²) in [7, 11) is 0. The molecule has 0 saturated heterocycles. The van der Waals surface area contributed by atoms with E-state index in [0.29, 0.717) is 0 Å². The summed E-state index contributed by atoms with van der Waals surface area (Å²) in [4.78, 5) is 4.74. The molecule has 0 amide bonds. The third-order valence-electron chi connectivity index (χ3n) is 5.86. The van der Waals surface area contributed by atoms with E-state index in [-0.39, 0.29) is 0 Å².